The maximum absolute atomic E-state index is 14.0. The Morgan fingerprint density at radius 2 is 1.59 bits per heavy atom. The molecule has 2 amide bonds. The number of sulfonamides is 1. The van der Waals surface area contributed by atoms with Gasteiger partial charge in [0.2, 0.25) is 21.8 Å². The van der Waals surface area contributed by atoms with Crippen molar-refractivity contribution < 1.29 is 22.8 Å². The summed E-state index contributed by atoms with van der Waals surface area (Å²) >= 11 is 0. The number of Topliss-reactive ketones (excluding diaryl/α,β-unsaturated/α-hetero) is 1. The number of carbonyl (C=O) groups excluding carboxylic acids is 3. The van der Waals surface area contributed by atoms with E-state index < -0.39 is 28.5 Å². The highest BCUT2D eigenvalue weighted by atomic mass is 32.2. The summed E-state index contributed by atoms with van der Waals surface area (Å²) in [5.41, 5.74) is 3.18. The standard InChI is InChI=1S/C30H35N3O5S/c1-5-31-30(36)28(18-24-13-7-6-8-14-24)32(20-26-15-10-9-12-22(26)2)29(35)21-33(39(4,37)38)27-17-11-16-25(19-27)23(3)34/h6-17,19,28H,5,18,20-21H2,1-4H3,(H,31,36). The summed E-state index contributed by atoms with van der Waals surface area (Å²) in [4.78, 5) is 40.8. The third-order valence-corrected chi connectivity index (χ3v) is 7.58. The molecule has 0 spiro atoms. The molecule has 206 valence electrons. The lowest BCUT2D eigenvalue weighted by Gasteiger charge is -2.33. The highest BCUT2D eigenvalue weighted by molar-refractivity contribution is 7.92. The van der Waals surface area contributed by atoms with E-state index in [4.69, 9.17) is 0 Å². The van der Waals surface area contributed by atoms with Gasteiger partial charge in [0.25, 0.3) is 0 Å². The lowest BCUT2D eigenvalue weighted by molar-refractivity contribution is -0.140. The number of ketones is 1. The van der Waals surface area contributed by atoms with E-state index >= 15 is 0 Å². The minimum absolute atomic E-state index is 0.116. The Kier molecular flexibility index (Phi) is 10.0. The first kappa shape index (κ1) is 29.6. The molecule has 0 aliphatic rings. The number of hydrogen-bond donors (Lipinski definition) is 1. The molecule has 9 heteroatoms. The number of benzene rings is 3. The largest absolute Gasteiger partial charge is 0.355 e. The smallest absolute Gasteiger partial charge is 0.244 e. The van der Waals surface area contributed by atoms with Crippen LogP contribution in [0.3, 0.4) is 0 Å². The van der Waals surface area contributed by atoms with Crippen LogP contribution in [0.1, 0.15) is 40.9 Å². The second kappa shape index (κ2) is 13.2. The molecule has 0 aliphatic heterocycles. The highest BCUT2D eigenvalue weighted by Gasteiger charge is 2.33. The fourth-order valence-corrected chi connectivity index (χ4v) is 5.15. The zero-order chi connectivity index (χ0) is 28.6. The van der Waals surface area contributed by atoms with Crippen LogP contribution < -0.4 is 9.62 Å². The predicted octanol–water partition coefficient (Wildman–Crippen LogP) is 3.74. The molecule has 0 fully saturated rings. The molecule has 3 aromatic carbocycles. The number of aryl methyl sites for hydroxylation is 1. The third kappa shape index (κ3) is 8.00. The summed E-state index contributed by atoms with van der Waals surface area (Å²) in [6, 6.07) is 22.2. The molecular weight excluding hydrogens is 514 g/mol. The van der Waals surface area contributed by atoms with Crippen molar-refractivity contribution in [2.45, 2.75) is 39.8 Å². The number of amides is 2. The van der Waals surface area contributed by atoms with Gasteiger partial charge in [0.15, 0.2) is 5.78 Å². The molecule has 0 aliphatic carbocycles. The van der Waals surface area contributed by atoms with E-state index in [1.54, 1.807) is 19.1 Å². The van der Waals surface area contributed by atoms with Crippen LogP contribution in [0.2, 0.25) is 0 Å². The van der Waals surface area contributed by atoms with Crippen molar-refractivity contribution in [3.05, 3.63) is 101 Å². The summed E-state index contributed by atoms with van der Waals surface area (Å²) < 4.78 is 26.7. The second-order valence-corrected chi connectivity index (χ2v) is 11.3. The van der Waals surface area contributed by atoms with Crippen LogP contribution in [0, 0.1) is 6.92 Å². The fourth-order valence-electron chi connectivity index (χ4n) is 4.31. The Labute approximate surface area is 230 Å². The van der Waals surface area contributed by atoms with Crippen molar-refractivity contribution >= 4 is 33.3 Å². The van der Waals surface area contributed by atoms with E-state index in [0.717, 1.165) is 27.3 Å². The first-order valence-electron chi connectivity index (χ1n) is 12.8. The second-order valence-electron chi connectivity index (χ2n) is 9.42. The van der Waals surface area contributed by atoms with E-state index in [1.807, 2.05) is 61.5 Å². The molecule has 0 heterocycles. The lowest BCUT2D eigenvalue weighted by atomic mass is 10.0. The van der Waals surface area contributed by atoms with Crippen molar-refractivity contribution in [1.82, 2.24) is 10.2 Å². The maximum Gasteiger partial charge on any atom is 0.244 e. The molecule has 0 saturated carbocycles. The molecule has 39 heavy (non-hydrogen) atoms. The minimum atomic E-state index is -3.91. The van der Waals surface area contributed by atoms with E-state index in [1.165, 1.54) is 24.0 Å². The Bertz CT molecular complexity index is 1420. The van der Waals surface area contributed by atoms with Crippen LogP contribution in [-0.2, 0) is 32.6 Å². The van der Waals surface area contributed by atoms with Crippen LogP contribution in [0.15, 0.2) is 78.9 Å². The van der Waals surface area contributed by atoms with Gasteiger partial charge in [0.1, 0.15) is 12.6 Å². The van der Waals surface area contributed by atoms with Gasteiger partial charge in [-0.1, -0.05) is 66.7 Å². The van der Waals surface area contributed by atoms with Gasteiger partial charge >= 0.3 is 0 Å². The zero-order valence-corrected chi connectivity index (χ0v) is 23.6. The third-order valence-electron chi connectivity index (χ3n) is 6.44. The molecule has 1 N–H and O–H groups in total. The van der Waals surface area contributed by atoms with Gasteiger partial charge in [0.05, 0.1) is 11.9 Å². The number of nitrogens with zero attached hydrogens (tertiary/aromatic N) is 2. The monoisotopic (exact) mass is 549 g/mol. The number of carbonyl (C=O) groups is 3. The molecule has 0 bridgehead atoms. The molecule has 0 radical (unpaired) electrons. The Balaban J connectivity index is 2.07. The number of hydrogen-bond acceptors (Lipinski definition) is 5. The summed E-state index contributed by atoms with van der Waals surface area (Å²) in [5, 5.41) is 2.83. The van der Waals surface area contributed by atoms with Crippen LogP contribution in [0.25, 0.3) is 0 Å². The van der Waals surface area contributed by atoms with Crippen LogP contribution in [0.5, 0.6) is 0 Å². The van der Waals surface area contributed by atoms with Gasteiger partial charge < -0.3 is 10.2 Å². The summed E-state index contributed by atoms with van der Waals surface area (Å²) in [7, 11) is -3.91. The SMILES string of the molecule is CCNC(=O)C(Cc1ccccc1)N(Cc1ccccc1C)C(=O)CN(c1cccc(C(C)=O)c1)S(C)(=O)=O. The van der Waals surface area contributed by atoms with Crippen molar-refractivity contribution in [1.29, 1.82) is 0 Å². The molecule has 0 aromatic heterocycles. The Morgan fingerprint density at radius 3 is 2.21 bits per heavy atom. The topological polar surface area (TPSA) is 104 Å². The zero-order valence-electron chi connectivity index (χ0n) is 22.8. The summed E-state index contributed by atoms with van der Waals surface area (Å²) in [6.45, 7) is 5.08. The quantitative estimate of drug-likeness (QED) is 0.347. The van der Waals surface area contributed by atoms with E-state index in [0.29, 0.717) is 12.1 Å². The summed E-state index contributed by atoms with van der Waals surface area (Å²) in [5.74, 6) is -1.09. The summed E-state index contributed by atoms with van der Waals surface area (Å²) in [6.07, 6.45) is 1.26. The Morgan fingerprint density at radius 1 is 0.923 bits per heavy atom. The van der Waals surface area contributed by atoms with Crippen molar-refractivity contribution in [3.8, 4) is 0 Å². The van der Waals surface area contributed by atoms with Gasteiger partial charge in [-0.25, -0.2) is 8.42 Å². The van der Waals surface area contributed by atoms with Crippen LogP contribution in [0.4, 0.5) is 5.69 Å². The molecule has 3 aromatic rings. The van der Waals surface area contributed by atoms with Gasteiger partial charge in [-0.2, -0.15) is 0 Å². The first-order valence-corrected chi connectivity index (χ1v) is 14.6. The van der Waals surface area contributed by atoms with Gasteiger partial charge in [-0.05, 0) is 49.6 Å². The molecule has 1 atom stereocenters. The molecule has 8 nitrogen and oxygen atoms in total. The van der Waals surface area contributed by atoms with Crippen molar-refractivity contribution in [2.24, 2.45) is 0 Å². The predicted molar refractivity (Wildman–Crippen MR) is 153 cm³/mol. The Hall–Kier alpha value is -3.98. The highest BCUT2D eigenvalue weighted by Crippen LogP contribution is 2.22. The van der Waals surface area contributed by atoms with Gasteiger partial charge in [-0.15, -0.1) is 0 Å². The van der Waals surface area contributed by atoms with E-state index in [-0.39, 0.29) is 30.3 Å². The van der Waals surface area contributed by atoms with Gasteiger partial charge in [0, 0.05) is 25.1 Å². The van der Waals surface area contributed by atoms with Gasteiger partial charge in [-0.3, -0.25) is 18.7 Å². The van der Waals surface area contributed by atoms with Crippen molar-refractivity contribution in [2.75, 3.05) is 23.7 Å². The fraction of sp³-hybridized carbons (Fsp3) is 0.300. The lowest BCUT2D eigenvalue weighted by Crippen LogP contribution is -2.53. The molecule has 3 rings (SSSR count). The van der Waals surface area contributed by atoms with Crippen LogP contribution >= 0.6 is 0 Å². The first-order chi connectivity index (χ1) is 18.5. The minimum Gasteiger partial charge on any atom is -0.355 e. The molecule has 1 unspecified atom stereocenters. The number of anilines is 1. The number of likely N-dealkylation sites (N-methyl/N-ethyl adjacent to an activating group) is 1. The average Bonchev–Trinajstić information content (AvgIpc) is 2.90. The van der Waals surface area contributed by atoms with Crippen LogP contribution in [-0.4, -0.2) is 56.3 Å². The average molecular weight is 550 g/mol. The normalized spacial score (nSPS) is 11.9. The van der Waals surface area contributed by atoms with E-state index in [2.05, 4.69) is 5.32 Å². The maximum atomic E-state index is 14.0. The number of rotatable bonds is 12. The molecular formula is C30H35N3O5S. The van der Waals surface area contributed by atoms with E-state index in [9.17, 15) is 22.8 Å². The van der Waals surface area contributed by atoms with Crippen molar-refractivity contribution in [3.63, 3.8) is 0 Å². The number of nitrogens with one attached hydrogen (secondary N) is 1. The molecule has 0 saturated heterocycles.